The Morgan fingerprint density at radius 1 is 0.962 bits per heavy atom. The van der Waals surface area contributed by atoms with E-state index >= 15 is 0 Å². The molecule has 2 aromatic rings. The summed E-state index contributed by atoms with van der Waals surface area (Å²) in [5.41, 5.74) is 5.84. The summed E-state index contributed by atoms with van der Waals surface area (Å²) in [6.45, 7) is 0. The first kappa shape index (κ1) is 18.7. The zero-order valence-corrected chi connectivity index (χ0v) is 16.8. The molecule has 134 valence electrons. The van der Waals surface area contributed by atoms with Crippen LogP contribution in [-0.4, -0.2) is 22.0 Å². The number of carboxylic acid groups (broad SMARTS) is 1. The van der Waals surface area contributed by atoms with Crippen LogP contribution in [0.1, 0.15) is 30.0 Å². The first-order valence-electron chi connectivity index (χ1n) is 7.98. The first-order chi connectivity index (χ1) is 12.4. The van der Waals surface area contributed by atoms with Crippen LogP contribution in [0, 0.1) is 0 Å². The normalized spacial score (nSPS) is 16.2. The number of nitrogens with one attached hydrogen (secondary N) is 1. The molecule has 2 N–H and O–H groups in total. The van der Waals surface area contributed by atoms with E-state index in [1.165, 1.54) is 5.01 Å². The van der Waals surface area contributed by atoms with E-state index in [1.807, 2.05) is 54.6 Å². The van der Waals surface area contributed by atoms with E-state index in [1.54, 1.807) is 0 Å². The maximum Gasteiger partial charge on any atom is 0.303 e. The minimum absolute atomic E-state index is 0.0587. The lowest BCUT2D eigenvalue weighted by molar-refractivity contribution is -0.142. The summed E-state index contributed by atoms with van der Waals surface area (Å²) in [5, 5.41) is 10.4. The van der Waals surface area contributed by atoms with Crippen LogP contribution in [0.3, 0.4) is 0 Å². The number of hydrazine groups is 1. The van der Waals surface area contributed by atoms with Gasteiger partial charge in [0.1, 0.15) is 0 Å². The topological polar surface area (TPSA) is 69.6 Å². The van der Waals surface area contributed by atoms with E-state index in [9.17, 15) is 9.59 Å². The van der Waals surface area contributed by atoms with Crippen LogP contribution >= 0.6 is 31.9 Å². The highest BCUT2D eigenvalue weighted by Gasteiger charge is 2.30. The SMILES string of the molecule is O=C(O)CCC(=O)N1NC(c2ccc(Br)cc2)=CC1c1ccc(Br)cc1. The molecule has 7 heteroatoms. The quantitative estimate of drug-likeness (QED) is 0.662. The zero-order valence-electron chi connectivity index (χ0n) is 13.7. The van der Waals surface area contributed by atoms with Gasteiger partial charge in [-0.05, 0) is 41.5 Å². The second-order valence-electron chi connectivity index (χ2n) is 5.85. The van der Waals surface area contributed by atoms with Crippen molar-refractivity contribution in [2.75, 3.05) is 0 Å². The number of carbonyl (C=O) groups excluding carboxylic acids is 1. The molecule has 0 fully saturated rings. The number of nitrogens with zero attached hydrogens (tertiary/aromatic N) is 1. The van der Waals surface area contributed by atoms with Gasteiger partial charge in [0.15, 0.2) is 0 Å². The minimum Gasteiger partial charge on any atom is -0.481 e. The van der Waals surface area contributed by atoms with E-state index in [2.05, 4.69) is 37.3 Å². The predicted octanol–water partition coefficient (Wildman–Crippen LogP) is 4.51. The van der Waals surface area contributed by atoms with Gasteiger partial charge in [0.05, 0.1) is 18.2 Å². The Morgan fingerprint density at radius 3 is 2.12 bits per heavy atom. The predicted molar refractivity (Wildman–Crippen MR) is 106 cm³/mol. The number of rotatable bonds is 5. The van der Waals surface area contributed by atoms with Gasteiger partial charge in [-0.2, -0.15) is 0 Å². The molecule has 3 rings (SSSR count). The summed E-state index contributed by atoms with van der Waals surface area (Å²) in [6, 6.07) is 15.2. The molecule has 0 bridgehead atoms. The van der Waals surface area contributed by atoms with Gasteiger partial charge in [-0.25, -0.2) is 5.01 Å². The molecule has 0 radical (unpaired) electrons. The van der Waals surface area contributed by atoms with Crippen LogP contribution in [-0.2, 0) is 9.59 Å². The van der Waals surface area contributed by atoms with Crippen molar-refractivity contribution in [2.45, 2.75) is 18.9 Å². The number of carbonyl (C=O) groups is 2. The highest BCUT2D eigenvalue weighted by atomic mass is 79.9. The second kappa shape index (κ2) is 8.05. The summed E-state index contributed by atoms with van der Waals surface area (Å²) in [4.78, 5) is 23.4. The van der Waals surface area contributed by atoms with Gasteiger partial charge in [0.2, 0.25) is 5.91 Å². The molecule has 1 unspecified atom stereocenters. The summed E-state index contributed by atoms with van der Waals surface area (Å²) in [6.07, 6.45) is 1.72. The number of benzene rings is 2. The standard InChI is InChI=1S/C19H16Br2N2O3/c20-14-5-1-12(2-6-14)16-11-17(13-3-7-15(21)8-4-13)23(22-16)18(24)9-10-19(25)26/h1-8,11,17,22H,9-10H2,(H,25,26). The Kier molecular flexibility index (Phi) is 5.78. The lowest BCUT2D eigenvalue weighted by Gasteiger charge is -2.25. The van der Waals surface area contributed by atoms with Crippen molar-refractivity contribution >= 4 is 49.4 Å². The lowest BCUT2D eigenvalue weighted by atomic mass is 10.0. The molecule has 5 nitrogen and oxygen atoms in total. The van der Waals surface area contributed by atoms with Crippen LogP contribution < -0.4 is 5.43 Å². The second-order valence-corrected chi connectivity index (χ2v) is 7.68. The van der Waals surface area contributed by atoms with Crippen LogP contribution in [0.5, 0.6) is 0 Å². The molecule has 1 aliphatic rings. The van der Waals surface area contributed by atoms with Crippen LogP contribution in [0.15, 0.2) is 63.6 Å². The molecule has 1 atom stereocenters. The minimum atomic E-state index is -0.987. The van der Waals surface area contributed by atoms with Gasteiger partial charge in [-0.3, -0.25) is 15.0 Å². The summed E-state index contributed by atoms with van der Waals surface area (Å²) >= 11 is 6.83. The van der Waals surface area contributed by atoms with E-state index in [0.29, 0.717) is 0 Å². The molecule has 2 aromatic carbocycles. The largest absolute Gasteiger partial charge is 0.481 e. The third-order valence-electron chi connectivity index (χ3n) is 4.03. The molecule has 0 saturated heterocycles. The van der Waals surface area contributed by atoms with Crippen molar-refractivity contribution in [1.29, 1.82) is 0 Å². The van der Waals surface area contributed by atoms with Gasteiger partial charge in [-0.15, -0.1) is 0 Å². The Labute approximate surface area is 167 Å². The summed E-state index contributed by atoms with van der Waals surface area (Å²) < 4.78 is 1.92. The highest BCUT2D eigenvalue weighted by molar-refractivity contribution is 9.10. The maximum atomic E-state index is 12.6. The first-order valence-corrected chi connectivity index (χ1v) is 9.56. The number of aliphatic carboxylic acids is 1. The number of hydrogen-bond acceptors (Lipinski definition) is 3. The molecule has 26 heavy (non-hydrogen) atoms. The van der Waals surface area contributed by atoms with E-state index < -0.39 is 5.97 Å². The van der Waals surface area contributed by atoms with Crippen molar-refractivity contribution in [3.63, 3.8) is 0 Å². The molecule has 0 saturated carbocycles. The van der Waals surface area contributed by atoms with Crippen LogP contribution in [0.25, 0.3) is 5.70 Å². The Morgan fingerprint density at radius 2 is 1.54 bits per heavy atom. The average Bonchev–Trinajstić information content (AvgIpc) is 3.06. The van der Waals surface area contributed by atoms with Gasteiger partial charge >= 0.3 is 5.97 Å². The average molecular weight is 480 g/mol. The lowest BCUT2D eigenvalue weighted by Crippen LogP contribution is -2.39. The Bertz CT molecular complexity index is 848. The fourth-order valence-corrected chi connectivity index (χ4v) is 3.24. The fraction of sp³-hybridized carbons (Fsp3) is 0.158. The van der Waals surface area contributed by atoms with E-state index in [4.69, 9.17) is 5.11 Å². The third kappa shape index (κ3) is 4.34. The molecule has 1 amide bonds. The van der Waals surface area contributed by atoms with E-state index in [-0.39, 0.29) is 24.8 Å². The smallest absolute Gasteiger partial charge is 0.303 e. The number of hydrogen-bond donors (Lipinski definition) is 2. The summed E-state index contributed by atoms with van der Waals surface area (Å²) in [5.74, 6) is -1.25. The molecule has 1 heterocycles. The Balaban J connectivity index is 1.90. The molecule has 0 spiro atoms. The zero-order chi connectivity index (χ0) is 18.7. The van der Waals surface area contributed by atoms with Gasteiger partial charge in [0, 0.05) is 15.4 Å². The van der Waals surface area contributed by atoms with Crippen molar-refractivity contribution in [3.8, 4) is 0 Å². The van der Waals surface area contributed by atoms with Crippen molar-refractivity contribution in [1.82, 2.24) is 10.4 Å². The third-order valence-corrected chi connectivity index (χ3v) is 5.09. The molecular formula is C19H16Br2N2O3. The van der Waals surface area contributed by atoms with Gasteiger partial charge in [-0.1, -0.05) is 56.1 Å². The number of halogens is 2. The van der Waals surface area contributed by atoms with Gasteiger partial charge < -0.3 is 5.11 Å². The molecular weight excluding hydrogens is 464 g/mol. The number of amides is 1. The van der Waals surface area contributed by atoms with Crippen molar-refractivity contribution in [3.05, 3.63) is 74.7 Å². The highest BCUT2D eigenvalue weighted by Crippen LogP contribution is 2.32. The Hall–Kier alpha value is -2.12. The maximum absolute atomic E-state index is 12.6. The molecule has 0 aromatic heterocycles. The number of carboxylic acids is 1. The monoisotopic (exact) mass is 478 g/mol. The molecule has 0 aliphatic carbocycles. The van der Waals surface area contributed by atoms with Crippen LogP contribution in [0.4, 0.5) is 0 Å². The van der Waals surface area contributed by atoms with Crippen LogP contribution in [0.2, 0.25) is 0 Å². The van der Waals surface area contributed by atoms with Crippen molar-refractivity contribution in [2.24, 2.45) is 0 Å². The van der Waals surface area contributed by atoms with Gasteiger partial charge in [0.25, 0.3) is 0 Å². The summed E-state index contributed by atoms with van der Waals surface area (Å²) in [7, 11) is 0. The van der Waals surface area contributed by atoms with Crippen molar-refractivity contribution < 1.29 is 14.7 Å². The molecule has 1 aliphatic heterocycles. The van der Waals surface area contributed by atoms with E-state index in [0.717, 1.165) is 25.8 Å². The fourth-order valence-electron chi connectivity index (χ4n) is 2.72.